The van der Waals surface area contributed by atoms with Crippen molar-refractivity contribution in [1.29, 1.82) is 0 Å². The van der Waals surface area contributed by atoms with Crippen LogP contribution in [0.4, 0.5) is 0 Å². The summed E-state index contributed by atoms with van der Waals surface area (Å²) in [5.74, 6) is 0.228. The summed E-state index contributed by atoms with van der Waals surface area (Å²) >= 11 is 0. The predicted octanol–water partition coefficient (Wildman–Crippen LogP) is 0.691. The Balaban J connectivity index is 2.72. The van der Waals surface area contributed by atoms with Crippen LogP contribution in [0.15, 0.2) is 0 Å². The zero-order valence-corrected chi connectivity index (χ0v) is 8.31. The first-order valence-corrected chi connectivity index (χ1v) is 6.26. The van der Waals surface area contributed by atoms with Crippen LogP contribution in [0.5, 0.6) is 0 Å². The third kappa shape index (κ3) is 1.98. The van der Waals surface area contributed by atoms with E-state index in [-0.39, 0.29) is 17.0 Å². The molecule has 12 heavy (non-hydrogen) atoms. The van der Waals surface area contributed by atoms with Gasteiger partial charge < -0.3 is 5.73 Å². The van der Waals surface area contributed by atoms with Crippen LogP contribution in [0.3, 0.4) is 0 Å². The van der Waals surface area contributed by atoms with Crippen molar-refractivity contribution in [2.75, 3.05) is 5.75 Å². The van der Waals surface area contributed by atoms with Crippen molar-refractivity contribution in [3.63, 3.8) is 0 Å². The first-order chi connectivity index (χ1) is 5.58. The van der Waals surface area contributed by atoms with E-state index in [0.717, 1.165) is 25.7 Å². The molecule has 1 aliphatic carbocycles. The standard InChI is InChI=1S/C8H17NO2S/c1-2-12(10,11)8-6-4-3-5-7(8)9/h7-8H,2-6,9H2,1H3. The van der Waals surface area contributed by atoms with Gasteiger partial charge in [-0.05, 0) is 12.8 Å². The lowest BCUT2D eigenvalue weighted by Crippen LogP contribution is -2.43. The van der Waals surface area contributed by atoms with Crippen LogP contribution in [-0.4, -0.2) is 25.5 Å². The zero-order chi connectivity index (χ0) is 9.19. The van der Waals surface area contributed by atoms with E-state index in [1.807, 2.05) is 0 Å². The molecule has 0 saturated heterocycles. The molecule has 0 aromatic heterocycles. The van der Waals surface area contributed by atoms with Crippen LogP contribution in [0.1, 0.15) is 32.6 Å². The molecule has 1 rings (SSSR count). The fourth-order valence-electron chi connectivity index (χ4n) is 1.79. The summed E-state index contributed by atoms with van der Waals surface area (Å²) in [6.07, 6.45) is 3.72. The largest absolute Gasteiger partial charge is 0.327 e. The molecular formula is C8H17NO2S. The fourth-order valence-corrected chi connectivity index (χ4v) is 3.41. The van der Waals surface area contributed by atoms with Gasteiger partial charge in [-0.3, -0.25) is 0 Å². The molecule has 0 amide bonds. The van der Waals surface area contributed by atoms with Gasteiger partial charge >= 0.3 is 0 Å². The topological polar surface area (TPSA) is 60.2 Å². The van der Waals surface area contributed by atoms with Gasteiger partial charge in [0.05, 0.1) is 5.25 Å². The Labute approximate surface area is 74.3 Å². The van der Waals surface area contributed by atoms with E-state index in [9.17, 15) is 8.42 Å². The lowest BCUT2D eigenvalue weighted by Gasteiger charge is -2.27. The van der Waals surface area contributed by atoms with Gasteiger partial charge in [0.2, 0.25) is 0 Å². The third-order valence-electron chi connectivity index (χ3n) is 2.62. The average Bonchev–Trinajstić information content (AvgIpc) is 2.05. The summed E-state index contributed by atoms with van der Waals surface area (Å²) in [5, 5.41) is -0.267. The number of nitrogens with two attached hydrogens (primary N) is 1. The summed E-state index contributed by atoms with van der Waals surface area (Å²) in [7, 11) is -2.90. The molecule has 1 saturated carbocycles. The molecule has 0 radical (unpaired) electrons. The molecule has 4 heteroatoms. The van der Waals surface area contributed by atoms with Crippen LogP contribution in [-0.2, 0) is 9.84 Å². The van der Waals surface area contributed by atoms with Crippen LogP contribution >= 0.6 is 0 Å². The first-order valence-electron chi connectivity index (χ1n) is 4.55. The first kappa shape index (κ1) is 9.99. The van der Waals surface area contributed by atoms with E-state index in [1.165, 1.54) is 0 Å². The van der Waals surface area contributed by atoms with Crippen LogP contribution in [0.25, 0.3) is 0 Å². The number of hydrogen-bond acceptors (Lipinski definition) is 3. The molecule has 0 aliphatic heterocycles. The molecule has 2 unspecified atom stereocenters. The Hall–Kier alpha value is -0.0900. The summed E-state index contributed by atoms with van der Waals surface area (Å²) in [6, 6.07) is -0.122. The monoisotopic (exact) mass is 191 g/mol. The zero-order valence-electron chi connectivity index (χ0n) is 7.49. The molecule has 2 atom stereocenters. The van der Waals surface area contributed by atoms with E-state index in [1.54, 1.807) is 6.92 Å². The minimum absolute atomic E-state index is 0.122. The summed E-state index contributed by atoms with van der Waals surface area (Å²) < 4.78 is 23.0. The Morgan fingerprint density at radius 1 is 1.33 bits per heavy atom. The van der Waals surface area contributed by atoms with Gasteiger partial charge in [0.15, 0.2) is 9.84 Å². The Kier molecular flexibility index (Phi) is 3.12. The second-order valence-corrected chi connectivity index (χ2v) is 5.95. The molecule has 2 N–H and O–H groups in total. The Morgan fingerprint density at radius 2 is 1.92 bits per heavy atom. The molecule has 0 bridgehead atoms. The maximum absolute atomic E-state index is 11.5. The van der Waals surface area contributed by atoms with Gasteiger partial charge in [0.25, 0.3) is 0 Å². The van der Waals surface area contributed by atoms with Gasteiger partial charge in [-0.25, -0.2) is 8.42 Å². The van der Waals surface area contributed by atoms with Gasteiger partial charge in [-0.2, -0.15) is 0 Å². The van der Waals surface area contributed by atoms with Crippen LogP contribution in [0.2, 0.25) is 0 Å². The molecule has 0 aromatic rings. The number of sulfone groups is 1. The van der Waals surface area contributed by atoms with E-state index in [4.69, 9.17) is 5.73 Å². The molecule has 72 valence electrons. The molecule has 1 fully saturated rings. The number of rotatable bonds is 2. The van der Waals surface area contributed by atoms with Crippen molar-refractivity contribution in [1.82, 2.24) is 0 Å². The van der Waals surface area contributed by atoms with Crippen molar-refractivity contribution in [3.8, 4) is 0 Å². The maximum atomic E-state index is 11.5. The fraction of sp³-hybridized carbons (Fsp3) is 1.00. The van der Waals surface area contributed by atoms with E-state index < -0.39 is 9.84 Å². The van der Waals surface area contributed by atoms with E-state index >= 15 is 0 Å². The van der Waals surface area contributed by atoms with Gasteiger partial charge in [-0.1, -0.05) is 19.8 Å². The summed E-state index contributed by atoms with van der Waals surface area (Å²) in [6.45, 7) is 1.69. The normalized spacial score (nSPS) is 31.8. The van der Waals surface area contributed by atoms with E-state index in [0.29, 0.717) is 0 Å². The van der Waals surface area contributed by atoms with Crippen molar-refractivity contribution < 1.29 is 8.42 Å². The van der Waals surface area contributed by atoms with Gasteiger partial charge in [-0.15, -0.1) is 0 Å². The average molecular weight is 191 g/mol. The highest BCUT2D eigenvalue weighted by Gasteiger charge is 2.31. The van der Waals surface area contributed by atoms with E-state index in [2.05, 4.69) is 0 Å². The van der Waals surface area contributed by atoms with Gasteiger partial charge in [0, 0.05) is 11.8 Å². The summed E-state index contributed by atoms with van der Waals surface area (Å²) in [5.41, 5.74) is 5.76. The highest BCUT2D eigenvalue weighted by Crippen LogP contribution is 2.23. The van der Waals surface area contributed by atoms with Gasteiger partial charge in [0.1, 0.15) is 0 Å². The molecule has 0 spiro atoms. The summed E-state index contributed by atoms with van der Waals surface area (Å²) in [4.78, 5) is 0. The number of hydrogen-bond donors (Lipinski definition) is 1. The molecule has 0 heterocycles. The molecule has 3 nitrogen and oxygen atoms in total. The van der Waals surface area contributed by atoms with Crippen molar-refractivity contribution in [2.45, 2.75) is 43.9 Å². The Bertz CT molecular complexity index is 235. The maximum Gasteiger partial charge on any atom is 0.154 e. The third-order valence-corrected chi connectivity index (χ3v) is 4.93. The highest BCUT2D eigenvalue weighted by molar-refractivity contribution is 7.92. The SMILES string of the molecule is CCS(=O)(=O)C1CCCCC1N. The minimum Gasteiger partial charge on any atom is -0.327 e. The molecule has 0 aromatic carbocycles. The highest BCUT2D eigenvalue weighted by atomic mass is 32.2. The van der Waals surface area contributed by atoms with Crippen molar-refractivity contribution in [3.05, 3.63) is 0 Å². The van der Waals surface area contributed by atoms with Crippen molar-refractivity contribution >= 4 is 9.84 Å². The second-order valence-electron chi connectivity index (χ2n) is 3.44. The van der Waals surface area contributed by atoms with Crippen LogP contribution < -0.4 is 5.73 Å². The quantitative estimate of drug-likeness (QED) is 0.698. The molecular weight excluding hydrogens is 174 g/mol. The van der Waals surface area contributed by atoms with Crippen LogP contribution in [0, 0.1) is 0 Å². The second kappa shape index (κ2) is 3.75. The predicted molar refractivity (Wildman–Crippen MR) is 49.7 cm³/mol. The van der Waals surface area contributed by atoms with Crippen molar-refractivity contribution in [2.24, 2.45) is 5.73 Å². The minimum atomic E-state index is -2.90. The lowest BCUT2D eigenvalue weighted by molar-refractivity contribution is 0.432. The Morgan fingerprint density at radius 3 is 2.42 bits per heavy atom. The molecule has 1 aliphatic rings. The smallest absolute Gasteiger partial charge is 0.154 e. The lowest BCUT2D eigenvalue weighted by atomic mass is 9.96.